The molecule has 0 fully saturated rings. The van der Waals surface area contributed by atoms with Gasteiger partial charge in [0.15, 0.2) is 11.6 Å². The lowest BCUT2D eigenvalue weighted by Crippen LogP contribution is -1.96. The van der Waals surface area contributed by atoms with Crippen molar-refractivity contribution in [2.75, 3.05) is 5.73 Å². The monoisotopic (exact) mass is 265 g/mol. The standard InChI is InChI=1S/C11H15N5OS/c1-7(2)5-9-15-8(16-17-9)6-18-11-10(12)13-3-4-14-11/h3-4,7H,5-6H2,1-2H3,(H2,12,13). The Morgan fingerprint density at radius 1 is 1.33 bits per heavy atom. The van der Waals surface area contributed by atoms with Crippen LogP contribution in [0.4, 0.5) is 5.82 Å². The van der Waals surface area contributed by atoms with E-state index in [2.05, 4.69) is 34.0 Å². The molecule has 2 N–H and O–H groups in total. The lowest BCUT2D eigenvalue weighted by Gasteiger charge is -1.99. The van der Waals surface area contributed by atoms with Crippen molar-refractivity contribution in [2.24, 2.45) is 5.92 Å². The second-order valence-electron chi connectivity index (χ2n) is 4.24. The number of thioether (sulfide) groups is 1. The molecule has 7 heteroatoms. The van der Waals surface area contributed by atoms with Gasteiger partial charge in [-0.3, -0.25) is 0 Å². The first-order chi connectivity index (χ1) is 8.65. The van der Waals surface area contributed by atoms with Crippen LogP contribution in [0.5, 0.6) is 0 Å². The van der Waals surface area contributed by atoms with Crippen LogP contribution in [0.25, 0.3) is 0 Å². The number of aromatic nitrogens is 4. The minimum atomic E-state index is 0.424. The van der Waals surface area contributed by atoms with Gasteiger partial charge in [-0.1, -0.05) is 30.8 Å². The maximum Gasteiger partial charge on any atom is 0.226 e. The van der Waals surface area contributed by atoms with Crippen LogP contribution in [-0.2, 0) is 12.2 Å². The third kappa shape index (κ3) is 3.43. The molecule has 0 bridgehead atoms. The molecule has 96 valence electrons. The van der Waals surface area contributed by atoms with Crippen molar-refractivity contribution in [3.63, 3.8) is 0 Å². The van der Waals surface area contributed by atoms with Crippen molar-refractivity contribution in [3.05, 3.63) is 24.1 Å². The minimum absolute atomic E-state index is 0.424. The zero-order valence-electron chi connectivity index (χ0n) is 10.3. The maximum atomic E-state index is 5.70. The summed E-state index contributed by atoms with van der Waals surface area (Å²) in [5.41, 5.74) is 5.70. The zero-order valence-corrected chi connectivity index (χ0v) is 11.1. The van der Waals surface area contributed by atoms with Gasteiger partial charge in [0.25, 0.3) is 0 Å². The second kappa shape index (κ2) is 5.81. The highest BCUT2D eigenvalue weighted by Gasteiger charge is 2.10. The average molecular weight is 265 g/mol. The summed E-state index contributed by atoms with van der Waals surface area (Å²) in [6, 6.07) is 0. The Balaban J connectivity index is 1.94. The molecule has 0 unspecified atom stereocenters. The summed E-state index contributed by atoms with van der Waals surface area (Å²) in [5.74, 6) is 2.83. The summed E-state index contributed by atoms with van der Waals surface area (Å²) < 4.78 is 5.15. The van der Waals surface area contributed by atoms with Gasteiger partial charge in [0.05, 0.1) is 5.75 Å². The number of anilines is 1. The lowest BCUT2D eigenvalue weighted by atomic mass is 10.1. The van der Waals surface area contributed by atoms with Crippen molar-refractivity contribution in [1.29, 1.82) is 0 Å². The van der Waals surface area contributed by atoms with E-state index in [1.807, 2.05) is 0 Å². The Kier molecular flexibility index (Phi) is 4.14. The van der Waals surface area contributed by atoms with Crippen LogP contribution in [0.2, 0.25) is 0 Å². The molecule has 0 atom stereocenters. The van der Waals surface area contributed by atoms with E-state index < -0.39 is 0 Å². The lowest BCUT2D eigenvalue weighted by molar-refractivity contribution is 0.360. The molecule has 2 rings (SSSR count). The first kappa shape index (κ1) is 12.8. The Bertz CT molecular complexity index is 514. The van der Waals surface area contributed by atoms with E-state index in [0.29, 0.717) is 34.2 Å². The molecule has 0 radical (unpaired) electrons. The van der Waals surface area contributed by atoms with Crippen molar-refractivity contribution >= 4 is 17.6 Å². The number of hydrogen-bond donors (Lipinski definition) is 1. The van der Waals surface area contributed by atoms with Gasteiger partial charge in [-0.05, 0) is 5.92 Å². The molecule has 0 amide bonds. The van der Waals surface area contributed by atoms with Gasteiger partial charge >= 0.3 is 0 Å². The summed E-state index contributed by atoms with van der Waals surface area (Å²) >= 11 is 1.45. The van der Waals surface area contributed by atoms with Gasteiger partial charge in [0.1, 0.15) is 5.03 Å². The molecule has 6 nitrogen and oxygen atoms in total. The van der Waals surface area contributed by atoms with Gasteiger partial charge in [0.2, 0.25) is 5.89 Å². The molecule has 0 saturated heterocycles. The summed E-state index contributed by atoms with van der Waals surface area (Å²) in [6.45, 7) is 4.22. The number of nitrogens with two attached hydrogens (primary N) is 1. The third-order valence-electron chi connectivity index (χ3n) is 2.12. The Morgan fingerprint density at radius 2 is 2.11 bits per heavy atom. The van der Waals surface area contributed by atoms with E-state index in [1.165, 1.54) is 11.8 Å². The molecule has 0 saturated carbocycles. The highest BCUT2D eigenvalue weighted by atomic mass is 32.2. The Labute approximate surface area is 109 Å². The van der Waals surface area contributed by atoms with Crippen LogP contribution in [-0.4, -0.2) is 20.1 Å². The topological polar surface area (TPSA) is 90.7 Å². The molecule has 2 aromatic heterocycles. The quantitative estimate of drug-likeness (QED) is 0.826. The summed E-state index contributed by atoms with van der Waals surface area (Å²) in [4.78, 5) is 12.4. The molecular formula is C11H15N5OS. The van der Waals surface area contributed by atoms with Gasteiger partial charge < -0.3 is 10.3 Å². The molecule has 0 aliphatic rings. The number of rotatable bonds is 5. The predicted molar refractivity (Wildman–Crippen MR) is 68.8 cm³/mol. The van der Waals surface area contributed by atoms with Crippen molar-refractivity contribution in [2.45, 2.75) is 31.0 Å². The first-order valence-corrected chi connectivity index (χ1v) is 6.64. The Morgan fingerprint density at radius 3 is 2.83 bits per heavy atom. The Hall–Kier alpha value is -1.63. The normalized spacial score (nSPS) is 11.1. The molecule has 2 aromatic rings. The summed E-state index contributed by atoms with van der Waals surface area (Å²) in [5, 5.41) is 4.61. The SMILES string of the molecule is CC(C)Cc1nc(CSc2nccnc2N)no1. The second-order valence-corrected chi connectivity index (χ2v) is 5.20. The fourth-order valence-electron chi connectivity index (χ4n) is 1.36. The van der Waals surface area contributed by atoms with Crippen molar-refractivity contribution in [1.82, 2.24) is 20.1 Å². The van der Waals surface area contributed by atoms with Gasteiger partial charge in [0, 0.05) is 18.8 Å². The number of nitrogens with zero attached hydrogens (tertiary/aromatic N) is 4. The van der Waals surface area contributed by atoms with E-state index >= 15 is 0 Å². The molecule has 0 aromatic carbocycles. The van der Waals surface area contributed by atoms with E-state index in [9.17, 15) is 0 Å². The smallest absolute Gasteiger partial charge is 0.226 e. The van der Waals surface area contributed by atoms with Crippen LogP contribution in [0.1, 0.15) is 25.6 Å². The largest absolute Gasteiger partial charge is 0.381 e. The fraction of sp³-hybridized carbons (Fsp3) is 0.455. The maximum absolute atomic E-state index is 5.70. The van der Waals surface area contributed by atoms with Gasteiger partial charge in [-0.25, -0.2) is 9.97 Å². The number of hydrogen-bond acceptors (Lipinski definition) is 7. The highest BCUT2D eigenvalue weighted by molar-refractivity contribution is 7.98. The van der Waals surface area contributed by atoms with E-state index in [4.69, 9.17) is 10.3 Å². The number of nitrogen functional groups attached to an aromatic ring is 1. The molecular weight excluding hydrogens is 250 g/mol. The molecule has 0 spiro atoms. The van der Waals surface area contributed by atoms with Crippen LogP contribution in [0.15, 0.2) is 21.9 Å². The third-order valence-corrected chi connectivity index (χ3v) is 3.11. The van der Waals surface area contributed by atoms with Crippen molar-refractivity contribution in [3.8, 4) is 0 Å². The average Bonchev–Trinajstić information content (AvgIpc) is 2.75. The van der Waals surface area contributed by atoms with Gasteiger partial charge in [-0.15, -0.1) is 0 Å². The van der Waals surface area contributed by atoms with E-state index in [-0.39, 0.29) is 0 Å². The first-order valence-electron chi connectivity index (χ1n) is 5.66. The van der Waals surface area contributed by atoms with Crippen molar-refractivity contribution < 1.29 is 4.52 Å². The zero-order chi connectivity index (χ0) is 13.0. The van der Waals surface area contributed by atoms with Gasteiger partial charge in [-0.2, -0.15) is 4.98 Å². The van der Waals surface area contributed by atoms with Crippen LogP contribution < -0.4 is 5.73 Å². The molecule has 2 heterocycles. The summed E-state index contributed by atoms with van der Waals surface area (Å²) in [7, 11) is 0. The van der Waals surface area contributed by atoms with Crippen LogP contribution in [0.3, 0.4) is 0 Å². The van der Waals surface area contributed by atoms with E-state index in [0.717, 1.165) is 6.42 Å². The van der Waals surface area contributed by atoms with E-state index in [1.54, 1.807) is 12.4 Å². The van der Waals surface area contributed by atoms with Crippen LogP contribution in [0, 0.1) is 5.92 Å². The predicted octanol–water partition coefficient (Wildman–Crippen LogP) is 1.93. The molecule has 0 aliphatic heterocycles. The molecule has 18 heavy (non-hydrogen) atoms. The minimum Gasteiger partial charge on any atom is -0.381 e. The summed E-state index contributed by atoms with van der Waals surface area (Å²) in [6.07, 6.45) is 3.97. The highest BCUT2D eigenvalue weighted by Crippen LogP contribution is 2.23. The fourth-order valence-corrected chi connectivity index (χ4v) is 2.08. The van der Waals surface area contributed by atoms with Crippen LogP contribution >= 0.6 is 11.8 Å². The molecule has 0 aliphatic carbocycles.